The van der Waals surface area contributed by atoms with Gasteiger partial charge in [0.1, 0.15) is 13.2 Å². The third kappa shape index (κ3) is 52.8. The SMILES string of the molecule is CC\C=C/C=C\C=C/C=C\C=C\C=C/CCCCCC(=O)OC(COC(=O)CCCCCCC\C=C/C=C\C=C/CCCCCCC)COC(=O)CCCCCCCCC/C=C\CCCCCC. The molecular weight excluding hydrogens is 841 g/mol. The summed E-state index contributed by atoms with van der Waals surface area (Å²) >= 11 is 0. The van der Waals surface area contributed by atoms with Crippen LogP contribution in [0.15, 0.2) is 122 Å². The number of carbonyl (C=O) groups excluding carboxylic acids is 3. The topological polar surface area (TPSA) is 78.9 Å². The number of esters is 3. The van der Waals surface area contributed by atoms with E-state index in [9.17, 15) is 14.4 Å². The molecule has 0 heterocycles. The maximum Gasteiger partial charge on any atom is 0.306 e. The van der Waals surface area contributed by atoms with Crippen molar-refractivity contribution >= 4 is 17.9 Å². The first kappa shape index (κ1) is 63.8. The largest absolute Gasteiger partial charge is 0.462 e. The van der Waals surface area contributed by atoms with Crippen LogP contribution >= 0.6 is 0 Å². The van der Waals surface area contributed by atoms with Crippen LogP contribution in [-0.4, -0.2) is 37.2 Å². The maximum atomic E-state index is 12.8. The molecule has 0 aliphatic heterocycles. The van der Waals surface area contributed by atoms with Crippen LogP contribution in [0.4, 0.5) is 0 Å². The maximum absolute atomic E-state index is 12.8. The molecule has 0 bridgehead atoms. The zero-order valence-corrected chi connectivity index (χ0v) is 43.8. The lowest BCUT2D eigenvalue weighted by Gasteiger charge is -2.18. The average Bonchev–Trinajstić information content (AvgIpc) is 3.34. The van der Waals surface area contributed by atoms with E-state index in [1.165, 1.54) is 96.3 Å². The van der Waals surface area contributed by atoms with Gasteiger partial charge in [0.15, 0.2) is 6.10 Å². The Balaban J connectivity index is 4.55. The highest BCUT2D eigenvalue weighted by atomic mass is 16.6. The van der Waals surface area contributed by atoms with Crippen LogP contribution in [-0.2, 0) is 28.6 Å². The summed E-state index contributed by atoms with van der Waals surface area (Å²) in [6.07, 6.45) is 76.0. The molecule has 0 amide bonds. The summed E-state index contributed by atoms with van der Waals surface area (Å²) in [4.78, 5) is 38.1. The smallest absolute Gasteiger partial charge is 0.306 e. The lowest BCUT2D eigenvalue weighted by molar-refractivity contribution is -0.167. The second kappa shape index (κ2) is 55.4. The Bertz CT molecular complexity index is 1450. The summed E-state index contributed by atoms with van der Waals surface area (Å²) in [5.74, 6) is -0.980. The van der Waals surface area contributed by atoms with Crippen molar-refractivity contribution in [1.29, 1.82) is 0 Å². The molecule has 1 unspecified atom stereocenters. The van der Waals surface area contributed by atoms with E-state index in [1.807, 2.05) is 60.8 Å². The molecule has 0 aromatic rings. The summed E-state index contributed by atoms with van der Waals surface area (Å²) in [5.41, 5.74) is 0. The molecule has 0 rings (SSSR count). The first-order chi connectivity index (χ1) is 33.5. The average molecular weight is 941 g/mol. The number of hydrogen-bond donors (Lipinski definition) is 0. The Morgan fingerprint density at radius 1 is 0.309 bits per heavy atom. The molecule has 6 nitrogen and oxygen atoms in total. The molecule has 384 valence electrons. The first-order valence-electron chi connectivity index (χ1n) is 27.7. The zero-order chi connectivity index (χ0) is 49.3. The molecule has 0 saturated heterocycles. The zero-order valence-electron chi connectivity index (χ0n) is 43.8. The van der Waals surface area contributed by atoms with Gasteiger partial charge in [-0.05, 0) is 89.9 Å². The highest BCUT2D eigenvalue weighted by Gasteiger charge is 2.19. The van der Waals surface area contributed by atoms with Crippen LogP contribution in [0.5, 0.6) is 0 Å². The fourth-order valence-electron chi connectivity index (χ4n) is 7.23. The van der Waals surface area contributed by atoms with Crippen LogP contribution in [0.1, 0.15) is 233 Å². The minimum Gasteiger partial charge on any atom is -0.462 e. The molecule has 0 aliphatic carbocycles. The van der Waals surface area contributed by atoms with Crippen molar-refractivity contribution in [1.82, 2.24) is 0 Å². The summed E-state index contributed by atoms with van der Waals surface area (Å²) in [7, 11) is 0. The lowest BCUT2D eigenvalue weighted by atomic mass is 10.1. The Morgan fingerprint density at radius 2 is 0.588 bits per heavy atom. The summed E-state index contributed by atoms with van der Waals surface area (Å²) in [6, 6.07) is 0. The predicted octanol–water partition coefficient (Wildman–Crippen LogP) is 18.5. The van der Waals surface area contributed by atoms with E-state index in [0.29, 0.717) is 19.3 Å². The predicted molar refractivity (Wildman–Crippen MR) is 293 cm³/mol. The Labute approximate surface area is 418 Å². The highest BCUT2D eigenvalue weighted by Crippen LogP contribution is 2.14. The van der Waals surface area contributed by atoms with Crippen molar-refractivity contribution < 1.29 is 28.6 Å². The molecule has 0 N–H and O–H groups in total. The highest BCUT2D eigenvalue weighted by molar-refractivity contribution is 5.71. The summed E-state index contributed by atoms with van der Waals surface area (Å²) < 4.78 is 16.8. The second-order valence-corrected chi connectivity index (χ2v) is 18.0. The summed E-state index contributed by atoms with van der Waals surface area (Å²) in [6.45, 7) is 6.40. The molecule has 0 aliphatic rings. The van der Waals surface area contributed by atoms with Gasteiger partial charge in [-0.15, -0.1) is 0 Å². The van der Waals surface area contributed by atoms with E-state index in [-0.39, 0.29) is 37.5 Å². The van der Waals surface area contributed by atoms with Gasteiger partial charge in [0.2, 0.25) is 0 Å². The third-order valence-corrected chi connectivity index (χ3v) is 11.4. The van der Waals surface area contributed by atoms with Crippen molar-refractivity contribution in [3.05, 3.63) is 122 Å². The molecule has 68 heavy (non-hydrogen) atoms. The van der Waals surface area contributed by atoms with Crippen LogP contribution in [0.2, 0.25) is 0 Å². The van der Waals surface area contributed by atoms with Crippen molar-refractivity contribution in [3.63, 3.8) is 0 Å². The summed E-state index contributed by atoms with van der Waals surface area (Å²) in [5, 5.41) is 0. The molecular formula is C62H100O6. The van der Waals surface area contributed by atoms with Gasteiger partial charge >= 0.3 is 17.9 Å². The monoisotopic (exact) mass is 941 g/mol. The number of hydrogen-bond acceptors (Lipinski definition) is 6. The van der Waals surface area contributed by atoms with E-state index in [1.54, 1.807) is 0 Å². The quantitative estimate of drug-likeness (QED) is 0.0199. The van der Waals surface area contributed by atoms with Crippen LogP contribution in [0.25, 0.3) is 0 Å². The fourth-order valence-corrected chi connectivity index (χ4v) is 7.23. The van der Waals surface area contributed by atoms with Crippen molar-refractivity contribution in [3.8, 4) is 0 Å². The van der Waals surface area contributed by atoms with Gasteiger partial charge in [-0.3, -0.25) is 14.4 Å². The van der Waals surface area contributed by atoms with E-state index < -0.39 is 6.10 Å². The Hall–Kier alpha value is -4.19. The van der Waals surface area contributed by atoms with E-state index in [0.717, 1.165) is 89.9 Å². The van der Waals surface area contributed by atoms with E-state index in [2.05, 4.69) is 81.5 Å². The molecule has 6 heteroatoms. The standard InChI is InChI=1S/C62H100O6/c1-4-7-10-13-16-19-22-25-28-30-32-34-37-40-43-46-49-52-55-61(64)67-58-59(57-66-60(63)54-51-48-45-42-39-36-33-27-24-21-18-15-12-9-6-3)68-62(65)56-53-50-47-44-41-38-35-31-29-26-23-20-17-14-11-8-5-2/h8,11,14,17,20-26,28-32,34-35,38,41,59H,4-7,9-10,12-13,15-16,18-19,27,33,36-37,39-40,42-58H2,1-3H3/b11-8-,17-14-,23-20-,24-21-,25-22-,29-26-,30-28-,34-32-,35-31+,41-38-. The van der Waals surface area contributed by atoms with Gasteiger partial charge in [-0.1, -0.05) is 245 Å². The number of allylic oxidation sites excluding steroid dienone is 20. The minimum absolute atomic E-state index is 0.108. The van der Waals surface area contributed by atoms with Crippen LogP contribution in [0, 0.1) is 0 Å². The molecule has 0 saturated carbocycles. The fraction of sp³-hybridized carbons (Fsp3) is 0.629. The first-order valence-corrected chi connectivity index (χ1v) is 27.7. The van der Waals surface area contributed by atoms with Gasteiger partial charge in [0.25, 0.3) is 0 Å². The van der Waals surface area contributed by atoms with Gasteiger partial charge in [0, 0.05) is 19.3 Å². The molecule has 0 radical (unpaired) electrons. The minimum atomic E-state index is -0.816. The van der Waals surface area contributed by atoms with Gasteiger partial charge < -0.3 is 14.2 Å². The third-order valence-electron chi connectivity index (χ3n) is 11.4. The van der Waals surface area contributed by atoms with Gasteiger partial charge in [-0.2, -0.15) is 0 Å². The number of carbonyl (C=O) groups is 3. The molecule has 0 fully saturated rings. The van der Waals surface area contributed by atoms with Crippen molar-refractivity contribution in [2.45, 2.75) is 239 Å². The molecule has 1 atom stereocenters. The Morgan fingerprint density at radius 3 is 0.971 bits per heavy atom. The van der Waals surface area contributed by atoms with Crippen LogP contribution < -0.4 is 0 Å². The molecule has 0 aromatic heterocycles. The van der Waals surface area contributed by atoms with Crippen molar-refractivity contribution in [2.75, 3.05) is 13.2 Å². The van der Waals surface area contributed by atoms with E-state index in [4.69, 9.17) is 14.2 Å². The lowest BCUT2D eigenvalue weighted by Crippen LogP contribution is -2.30. The number of rotatable bonds is 48. The molecule has 0 aromatic carbocycles. The second-order valence-electron chi connectivity index (χ2n) is 18.0. The van der Waals surface area contributed by atoms with E-state index >= 15 is 0 Å². The Kier molecular flexibility index (Phi) is 52.0. The molecule has 0 spiro atoms. The van der Waals surface area contributed by atoms with Crippen molar-refractivity contribution in [2.24, 2.45) is 0 Å². The van der Waals surface area contributed by atoms with Gasteiger partial charge in [0.05, 0.1) is 0 Å². The van der Waals surface area contributed by atoms with Gasteiger partial charge in [-0.25, -0.2) is 0 Å². The van der Waals surface area contributed by atoms with Crippen LogP contribution in [0.3, 0.4) is 0 Å². The normalized spacial score (nSPS) is 13.0. The number of unbranched alkanes of at least 4 members (excludes halogenated alkanes) is 24. The number of ether oxygens (including phenoxy) is 3.